The fourth-order valence-corrected chi connectivity index (χ4v) is 4.06. The number of carbonyl (C=O) groups excluding carboxylic acids is 1. The Bertz CT molecular complexity index is 578. The van der Waals surface area contributed by atoms with Crippen LogP contribution >= 0.6 is 0 Å². The predicted molar refractivity (Wildman–Crippen MR) is 92.5 cm³/mol. The number of likely N-dealkylation sites (tertiary alicyclic amines) is 1. The normalized spacial score (nSPS) is 26.0. The van der Waals surface area contributed by atoms with E-state index in [-0.39, 0.29) is 11.9 Å². The van der Waals surface area contributed by atoms with E-state index in [2.05, 4.69) is 17.1 Å². The van der Waals surface area contributed by atoms with Gasteiger partial charge < -0.3 is 19.3 Å². The lowest BCUT2D eigenvalue weighted by Crippen LogP contribution is -2.48. The van der Waals surface area contributed by atoms with Gasteiger partial charge >= 0.3 is 0 Å². The van der Waals surface area contributed by atoms with Gasteiger partial charge in [-0.2, -0.15) is 0 Å². The number of hydrogen-bond donors (Lipinski definition) is 1. The molecule has 2 saturated heterocycles. The van der Waals surface area contributed by atoms with Gasteiger partial charge in [0.2, 0.25) is 0 Å². The van der Waals surface area contributed by atoms with E-state index in [1.54, 1.807) is 13.8 Å². The summed E-state index contributed by atoms with van der Waals surface area (Å²) in [6, 6.07) is 0.517. The Hall–Kier alpha value is -1.44. The zero-order valence-electron chi connectivity index (χ0n) is 15.4. The van der Waals surface area contributed by atoms with E-state index in [0.29, 0.717) is 42.6 Å². The zero-order valence-corrected chi connectivity index (χ0v) is 15.4. The van der Waals surface area contributed by atoms with Crippen LogP contribution in [0.3, 0.4) is 0 Å². The maximum atomic E-state index is 12.9. The summed E-state index contributed by atoms with van der Waals surface area (Å²) < 4.78 is 10.6. The second-order valence-corrected chi connectivity index (χ2v) is 7.21. The SMILES string of the molecule is Cc1noc(C)c1C(=O)N1CC[C@H](O)[C@@H](N(C)C2CCOCC2)CC1. The Labute approximate surface area is 148 Å². The van der Waals surface area contributed by atoms with Crippen LogP contribution in [0.1, 0.15) is 47.5 Å². The number of amides is 1. The molecule has 1 aromatic rings. The second kappa shape index (κ2) is 7.85. The van der Waals surface area contributed by atoms with Crippen LogP contribution in [-0.2, 0) is 4.74 Å². The lowest BCUT2D eigenvalue weighted by Gasteiger charge is -2.38. The summed E-state index contributed by atoms with van der Waals surface area (Å²) >= 11 is 0. The van der Waals surface area contributed by atoms with Crippen molar-refractivity contribution in [2.24, 2.45) is 0 Å². The maximum Gasteiger partial charge on any atom is 0.259 e. The summed E-state index contributed by atoms with van der Waals surface area (Å²) in [4.78, 5) is 17.0. The van der Waals surface area contributed by atoms with E-state index >= 15 is 0 Å². The largest absolute Gasteiger partial charge is 0.391 e. The molecular formula is C18H29N3O4. The van der Waals surface area contributed by atoms with Gasteiger partial charge in [-0.25, -0.2) is 0 Å². The molecule has 1 aromatic heterocycles. The van der Waals surface area contributed by atoms with Crippen molar-refractivity contribution >= 4 is 5.91 Å². The molecule has 2 fully saturated rings. The lowest BCUT2D eigenvalue weighted by atomic mass is 9.99. The second-order valence-electron chi connectivity index (χ2n) is 7.21. The van der Waals surface area contributed by atoms with Crippen LogP contribution in [0.4, 0.5) is 0 Å². The van der Waals surface area contributed by atoms with Crippen LogP contribution in [0, 0.1) is 13.8 Å². The molecule has 7 nitrogen and oxygen atoms in total. The highest BCUT2D eigenvalue weighted by atomic mass is 16.5. The molecule has 0 unspecified atom stereocenters. The molecule has 1 N–H and O–H groups in total. The van der Waals surface area contributed by atoms with Crippen molar-refractivity contribution in [3.63, 3.8) is 0 Å². The molecule has 3 heterocycles. The van der Waals surface area contributed by atoms with Crippen molar-refractivity contribution in [2.45, 2.75) is 57.7 Å². The zero-order chi connectivity index (χ0) is 18.0. The van der Waals surface area contributed by atoms with Gasteiger partial charge in [-0.1, -0.05) is 5.16 Å². The van der Waals surface area contributed by atoms with Gasteiger partial charge in [-0.15, -0.1) is 0 Å². The molecular weight excluding hydrogens is 322 g/mol. The molecule has 7 heteroatoms. The van der Waals surface area contributed by atoms with E-state index in [0.717, 1.165) is 32.5 Å². The molecule has 1 amide bonds. The van der Waals surface area contributed by atoms with Gasteiger partial charge in [-0.3, -0.25) is 9.69 Å². The Balaban J connectivity index is 1.67. The molecule has 3 rings (SSSR count). The molecule has 0 spiro atoms. The summed E-state index contributed by atoms with van der Waals surface area (Å²) in [5.74, 6) is 0.515. The average Bonchev–Trinajstić information content (AvgIpc) is 2.83. The number of aryl methyl sites for hydroxylation is 2. The highest BCUT2D eigenvalue weighted by molar-refractivity contribution is 5.96. The minimum absolute atomic E-state index is 0.0437. The molecule has 2 aliphatic heterocycles. The fourth-order valence-electron chi connectivity index (χ4n) is 4.06. The van der Waals surface area contributed by atoms with Gasteiger partial charge in [0.05, 0.1) is 11.8 Å². The quantitative estimate of drug-likeness (QED) is 0.886. The topological polar surface area (TPSA) is 79.0 Å². The Morgan fingerprint density at radius 2 is 1.88 bits per heavy atom. The first-order chi connectivity index (χ1) is 12.0. The minimum Gasteiger partial charge on any atom is -0.391 e. The molecule has 25 heavy (non-hydrogen) atoms. The molecule has 0 radical (unpaired) electrons. The van der Waals surface area contributed by atoms with E-state index in [1.807, 2.05) is 4.90 Å². The third-order valence-electron chi connectivity index (χ3n) is 5.66. The third-order valence-corrected chi connectivity index (χ3v) is 5.66. The van der Waals surface area contributed by atoms with E-state index in [9.17, 15) is 9.90 Å². The highest BCUT2D eigenvalue weighted by Gasteiger charge is 2.34. The van der Waals surface area contributed by atoms with Crippen LogP contribution in [0.2, 0.25) is 0 Å². The Morgan fingerprint density at radius 1 is 1.20 bits per heavy atom. The van der Waals surface area contributed by atoms with Crippen LogP contribution < -0.4 is 0 Å². The summed E-state index contributed by atoms with van der Waals surface area (Å²) in [5.41, 5.74) is 1.19. The van der Waals surface area contributed by atoms with Crippen molar-refractivity contribution in [3.8, 4) is 0 Å². The summed E-state index contributed by atoms with van der Waals surface area (Å²) in [7, 11) is 2.09. The van der Waals surface area contributed by atoms with Crippen molar-refractivity contribution in [1.29, 1.82) is 0 Å². The highest BCUT2D eigenvalue weighted by Crippen LogP contribution is 2.24. The van der Waals surface area contributed by atoms with Crippen LogP contribution in [0.25, 0.3) is 0 Å². The maximum absolute atomic E-state index is 12.9. The number of carbonyl (C=O) groups is 1. The van der Waals surface area contributed by atoms with Crippen molar-refractivity contribution in [2.75, 3.05) is 33.4 Å². The van der Waals surface area contributed by atoms with Crippen LogP contribution in [0.15, 0.2) is 4.52 Å². The minimum atomic E-state index is -0.421. The molecule has 140 valence electrons. The van der Waals surface area contributed by atoms with E-state index in [4.69, 9.17) is 9.26 Å². The smallest absolute Gasteiger partial charge is 0.259 e. The van der Waals surface area contributed by atoms with Crippen LogP contribution in [0.5, 0.6) is 0 Å². The van der Waals surface area contributed by atoms with Gasteiger partial charge in [0.15, 0.2) is 0 Å². The average molecular weight is 351 g/mol. The van der Waals surface area contributed by atoms with Crippen molar-refractivity contribution in [1.82, 2.24) is 15.0 Å². The van der Waals surface area contributed by atoms with E-state index in [1.165, 1.54) is 0 Å². The molecule has 0 aliphatic carbocycles. The number of ether oxygens (including phenoxy) is 1. The Morgan fingerprint density at radius 3 is 2.52 bits per heavy atom. The fraction of sp³-hybridized carbons (Fsp3) is 0.778. The number of aliphatic hydroxyl groups excluding tert-OH is 1. The van der Waals surface area contributed by atoms with Gasteiger partial charge in [0.1, 0.15) is 11.3 Å². The Kier molecular flexibility index (Phi) is 5.76. The number of nitrogens with zero attached hydrogens (tertiary/aromatic N) is 3. The van der Waals surface area contributed by atoms with Crippen LogP contribution in [-0.4, -0.2) is 77.5 Å². The first kappa shape index (κ1) is 18.4. The molecule has 2 atom stereocenters. The standard InChI is InChI=1S/C18H29N3O4/c1-12-17(13(2)25-19-12)18(23)21-8-4-15(16(22)5-9-21)20(3)14-6-10-24-11-7-14/h14-16,22H,4-11H2,1-3H3/t15-,16-/m0/s1. The molecule has 2 aliphatic rings. The summed E-state index contributed by atoms with van der Waals surface area (Å²) in [6.45, 7) is 6.32. The monoisotopic (exact) mass is 351 g/mol. The lowest BCUT2D eigenvalue weighted by molar-refractivity contribution is -0.00758. The number of aromatic nitrogens is 1. The van der Waals surface area contributed by atoms with Gasteiger partial charge in [0.25, 0.3) is 5.91 Å². The predicted octanol–water partition coefficient (Wildman–Crippen LogP) is 1.37. The summed E-state index contributed by atoms with van der Waals surface area (Å²) in [6.07, 6.45) is 2.94. The number of hydrogen-bond acceptors (Lipinski definition) is 6. The van der Waals surface area contributed by atoms with Crippen molar-refractivity contribution in [3.05, 3.63) is 17.0 Å². The molecule has 0 aromatic carbocycles. The van der Waals surface area contributed by atoms with Gasteiger partial charge in [-0.05, 0) is 46.6 Å². The van der Waals surface area contributed by atoms with E-state index < -0.39 is 6.10 Å². The summed E-state index contributed by atoms with van der Waals surface area (Å²) in [5, 5.41) is 14.5. The van der Waals surface area contributed by atoms with Gasteiger partial charge in [0, 0.05) is 38.4 Å². The first-order valence-corrected chi connectivity index (χ1v) is 9.19. The number of aliphatic hydroxyl groups is 1. The third kappa shape index (κ3) is 3.88. The number of rotatable bonds is 3. The molecule has 0 saturated carbocycles. The molecule has 0 bridgehead atoms. The number of likely N-dealkylation sites (N-methyl/N-ethyl adjacent to an activating group) is 1. The van der Waals surface area contributed by atoms with Crippen molar-refractivity contribution < 1.29 is 19.2 Å². The first-order valence-electron chi connectivity index (χ1n) is 9.19.